The molecular weight excluding hydrogens is 404 g/mol. The minimum Gasteiger partial charge on any atom is -0.497 e. The summed E-state index contributed by atoms with van der Waals surface area (Å²) in [4.78, 5) is 44.2. The van der Waals surface area contributed by atoms with Crippen LogP contribution in [0.1, 0.15) is 35.2 Å². The molecule has 1 aromatic carbocycles. The molecule has 1 fully saturated rings. The SMILES string of the molecule is COc1cccc(CN2CCC(NC(=O)c3cnc4sccn4c3=O)CCC2=O)c1. The number of aromatic nitrogens is 2. The highest BCUT2D eigenvalue weighted by atomic mass is 32.1. The van der Waals surface area contributed by atoms with Crippen molar-refractivity contribution in [3.63, 3.8) is 0 Å². The van der Waals surface area contributed by atoms with Crippen molar-refractivity contribution in [1.29, 1.82) is 0 Å². The monoisotopic (exact) mass is 426 g/mol. The van der Waals surface area contributed by atoms with E-state index in [0.717, 1.165) is 11.3 Å². The second-order valence-electron chi connectivity index (χ2n) is 7.20. The van der Waals surface area contributed by atoms with E-state index in [-0.39, 0.29) is 23.1 Å². The predicted molar refractivity (Wildman–Crippen MR) is 113 cm³/mol. The zero-order valence-electron chi connectivity index (χ0n) is 16.5. The van der Waals surface area contributed by atoms with E-state index in [2.05, 4.69) is 10.3 Å². The van der Waals surface area contributed by atoms with Crippen LogP contribution in [0.4, 0.5) is 0 Å². The molecule has 156 valence electrons. The normalized spacial score (nSPS) is 17.0. The van der Waals surface area contributed by atoms with Gasteiger partial charge in [-0.1, -0.05) is 12.1 Å². The highest BCUT2D eigenvalue weighted by molar-refractivity contribution is 7.15. The number of nitrogens with zero attached hydrogens (tertiary/aromatic N) is 3. The van der Waals surface area contributed by atoms with Crippen molar-refractivity contribution in [1.82, 2.24) is 19.6 Å². The Labute approximate surface area is 177 Å². The van der Waals surface area contributed by atoms with E-state index in [1.54, 1.807) is 23.6 Å². The number of benzene rings is 1. The minimum atomic E-state index is -0.452. The molecule has 0 aliphatic carbocycles. The Morgan fingerprint density at radius 1 is 1.33 bits per heavy atom. The van der Waals surface area contributed by atoms with Crippen molar-refractivity contribution >= 4 is 28.1 Å². The maximum absolute atomic E-state index is 12.7. The molecule has 2 aromatic heterocycles. The van der Waals surface area contributed by atoms with Gasteiger partial charge in [-0.15, -0.1) is 11.3 Å². The van der Waals surface area contributed by atoms with Crippen LogP contribution in [0.2, 0.25) is 0 Å². The first-order valence-corrected chi connectivity index (χ1v) is 10.6. The molecule has 1 N–H and O–H groups in total. The van der Waals surface area contributed by atoms with Crippen molar-refractivity contribution in [3.8, 4) is 5.75 Å². The number of likely N-dealkylation sites (tertiary alicyclic amines) is 1. The van der Waals surface area contributed by atoms with Gasteiger partial charge in [0.25, 0.3) is 11.5 Å². The van der Waals surface area contributed by atoms with Gasteiger partial charge >= 0.3 is 0 Å². The van der Waals surface area contributed by atoms with Crippen LogP contribution in [0.5, 0.6) is 5.75 Å². The number of nitrogens with one attached hydrogen (secondary N) is 1. The lowest BCUT2D eigenvalue weighted by atomic mass is 10.1. The third kappa shape index (κ3) is 4.20. The Bertz CT molecular complexity index is 1140. The zero-order chi connectivity index (χ0) is 21.1. The molecule has 4 rings (SSSR count). The van der Waals surface area contributed by atoms with Gasteiger partial charge in [0, 0.05) is 43.3 Å². The largest absolute Gasteiger partial charge is 0.497 e. The van der Waals surface area contributed by atoms with Gasteiger partial charge in [-0.2, -0.15) is 0 Å². The first-order valence-electron chi connectivity index (χ1n) is 9.71. The van der Waals surface area contributed by atoms with Crippen molar-refractivity contribution in [2.24, 2.45) is 0 Å². The van der Waals surface area contributed by atoms with Crippen LogP contribution in [0.25, 0.3) is 4.96 Å². The summed E-state index contributed by atoms with van der Waals surface area (Å²) < 4.78 is 6.61. The summed E-state index contributed by atoms with van der Waals surface area (Å²) >= 11 is 1.33. The van der Waals surface area contributed by atoms with Crippen LogP contribution in [-0.4, -0.2) is 45.8 Å². The zero-order valence-corrected chi connectivity index (χ0v) is 17.4. The summed E-state index contributed by atoms with van der Waals surface area (Å²) in [6, 6.07) is 7.46. The molecule has 2 amide bonds. The van der Waals surface area contributed by atoms with Gasteiger partial charge in [0.2, 0.25) is 5.91 Å². The van der Waals surface area contributed by atoms with Gasteiger partial charge in [-0.25, -0.2) is 4.98 Å². The van der Waals surface area contributed by atoms with Gasteiger partial charge in [-0.3, -0.25) is 18.8 Å². The fourth-order valence-electron chi connectivity index (χ4n) is 3.58. The average molecular weight is 426 g/mol. The molecule has 1 saturated heterocycles. The first-order chi connectivity index (χ1) is 14.5. The molecule has 0 saturated carbocycles. The molecule has 1 aliphatic heterocycles. The van der Waals surface area contributed by atoms with Crippen molar-refractivity contribution in [2.75, 3.05) is 13.7 Å². The van der Waals surface area contributed by atoms with Crippen LogP contribution < -0.4 is 15.6 Å². The molecule has 8 nitrogen and oxygen atoms in total. The highest BCUT2D eigenvalue weighted by Gasteiger charge is 2.25. The van der Waals surface area contributed by atoms with E-state index in [9.17, 15) is 14.4 Å². The van der Waals surface area contributed by atoms with E-state index >= 15 is 0 Å². The van der Waals surface area contributed by atoms with Crippen LogP contribution in [0.15, 0.2) is 46.8 Å². The standard InChI is InChI=1S/C21H22N4O4S/c1-29-16-4-2-3-14(11-16)13-24-8-7-15(5-6-18(24)26)23-19(27)17-12-22-21-25(20(17)28)9-10-30-21/h2-4,9-12,15H,5-8,13H2,1H3,(H,23,27). The minimum absolute atomic E-state index is 0.00899. The number of methoxy groups -OCH3 is 1. The third-order valence-corrected chi connectivity index (χ3v) is 6.01. The topological polar surface area (TPSA) is 93.0 Å². The van der Waals surface area contributed by atoms with Gasteiger partial charge in [0.05, 0.1) is 7.11 Å². The number of fused-ring (bicyclic) bond motifs is 1. The number of rotatable bonds is 5. The average Bonchev–Trinajstić information content (AvgIpc) is 3.18. The van der Waals surface area contributed by atoms with Gasteiger partial charge in [0.1, 0.15) is 11.3 Å². The smallest absolute Gasteiger partial charge is 0.271 e. The predicted octanol–water partition coefficient (Wildman–Crippen LogP) is 2.08. The van der Waals surface area contributed by atoms with Gasteiger partial charge in [-0.05, 0) is 30.5 Å². The van der Waals surface area contributed by atoms with E-state index in [1.165, 1.54) is 21.9 Å². The molecule has 0 spiro atoms. The fourth-order valence-corrected chi connectivity index (χ4v) is 4.26. The van der Waals surface area contributed by atoms with Gasteiger partial charge in [0.15, 0.2) is 4.96 Å². The quantitative estimate of drug-likeness (QED) is 0.674. The van der Waals surface area contributed by atoms with Crippen molar-refractivity contribution < 1.29 is 14.3 Å². The Morgan fingerprint density at radius 3 is 3.03 bits per heavy atom. The third-order valence-electron chi connectivity index (χ3n) is 5.24. The van der Waals surface area contributed by atoms with Crippen LogP contribution in [0.3, 0.4) is 0 Å². The van der Waals surface area contributed by atoms with E-state index in [1.807, 2.05) is 24.3 Å². The molecule has 1 aliphatic rings. The lowest BCUT2D eigenvalue weighted by Gasteiger charge is -2.21. The van der Waals surface area contributed by atoms with Crippen molar-refractivity contribution in [3.05, 3.63) is 63.5 Å². The fraction of sp³-hybridized carbons (Fsp3) is 0.333. The van der Waals surface area contributed by atoms with Crippen LogP contribution >= 0.6 is 11.3 Å². The number of carbonyl (C=O) groups excluding carboxylic acids is 2. The van der Waals surface area contributed by atoms with E-state index < -0.39 is 5.91 Å². The first kappa shape index (κ1) is 20.1. The summed E-state index contributed by atoms with van der Waals surface area (Å²) in [7, 11) is 1.61. The molecule has 1 atom stereocenters. The van der Waals surface area contributed by atoms with Crippen LogP contribution in [0, 0.1) is 0 Å². The number of amides is 2. The number of carbonyl (C=O) groups is 2. The molecule has 30 heavy (non-hydrogen) atoms. The Hall–Kier alpha value is -3.20. The summed E-state index contributed by atoms with van der Waals surface area (Å²) in [5.41, 5.74) is 0.617. The van der Waals surface area contributed by atoms with E-state index in [0.29, 0.717) is 37.3 Å². The molecule has 1 unspecified atom stereocenters. The Kier molecular flexibility index (Phi) is 5.80. The van der Waals surface area contributed by atoms with Gasteiger partial charge < -0.3 is 15.0 Å². The second-order valence-corrected chi connectivity index (χ2v) is 8.07. The molecule has 0 radical (unpaired) electrons. The molecule has 0 bridgehead atoms. The maximum Gasteiger partial charge on any atom is 0.271 e. The summed E-state index contributed by atoms with van der Waals surface area (Å²) in [6.07, 6.45) is 4.43. The summed E-state index contributed by atoms with van der Waals surface area (Å²) in [5, 5.41) is 4.66. The van der Waals surface area contributed by atoms with Crippen molar-refractivity contribution in [2.45, 2.75) is 31.8 Å². The molecule has 9 heteroatoms. The summed E-state index contributed by atoms with van der Waals surface area (Å²) in [6.45, 7) is 1.03. The lowest BCUT2D eigenvalue weighted by molar-refractivity contribution is -0.131. The number of thiazole rings is 1. The highest BCUT2D eigenvalue weighted by Crippen LogP contribution is 2.18. The number of hydrogen-bond donors (Lipinski definition) is 1. The Balaban J connectivity index is 1.41. The Morgan fingerprint density at radius 2 is 2.20 bits per heavy atom. The molecule has 3 aromatic rings. The second kappa shape index (κ2) is 8.66. The lowest BCUT2D eigenvalue weighted by Crippen LogP contribution is -2.38. The maximum atomic E-state index is 12.7. The van der Waals surface area contributed by atoms with Crippen LogP contribution in [-0.2, 0) is 11.3 Å². The molecular formula is C21H22N4O4S. The molecule has 3 heterocycles. The summed E-state index contributed by atoms with van der Waals surface area (Å²) in [5.74, 6) is 0.352. The number of hydrogen-bond acceptors (Lipinski definition) is 6. The van der Waals surface area contributed by atoms with E-state index in [4.69, 9.17) is 4.74 Å². The number of ether oxygens (including phenoxy) is 1.